The monoisotopic (exact) mass is 209 g/mol. The Morgan fingerprint density at radius 1 is 0.615 bits per heavy atom. The third-order valence-electron chi connectivity index (χ3n) is 1.80. The van der Waals surface area contributed by atoms with Crippen molar-refractivity contribution in [1.29, 1.82) is 0 Å². The van der Waals surface area contributed by atoms with Gasteiger partial charge in [0.1, 0.15) is 0 Å². The fourth-order valence-electron chi connectivity index (χ4n) is 1.12. The number of hydrogen-bond acceptors (Lipinski definition) is 4. The number of nitrogens with one attached hydrogen (secondary N) is 3. The fraction of sp³-hybridized carbons (Fsp3) is 1.00. The van der Waals surface area contributed by atoms with Crippen LogP contribution in [0.2, 0.25) is 0 Å². The van der Waals surface area contributed by atoms with Crippen molar-refractivity contribution in [2.24, 2.45) is 0 Å². The van der Waals surface area contributed by atoms with Crippen LogP contribution in [-0.4, -0.2) is 52.5 Å². The number of rotatable bonds is 0. The highest BCUT2D eigenvalue weighted by Gasteiger charge is 1.93. The van der Waals surface area contributed by atoms with E-state index in [0.29, 0.717) is 0 Å². The van der Waals surface area contributed by atoms with Crippen molar-refractivity contribution in [3.8, 4) is 0 Å². The topological polar surface area (TPSA) is 45.3 Å². The zero-order chi connectivity index (χ0) is 8.49. The molecule has 0 bridgehead atoms. The molecule has 0 aromatic carbocycles. The van der Waals surface area contributed by atoms with Crippen LogP contribution in [0.4, 0.5) is 0 Å². The Morgan fingerprint density at radius 2 is 1.00 bits per heavy atom. The maximum absolute atomic E-state index is 5.01. The summed E-state index contributed by atoms with van der Waals surface area (Å²) in [4.78, 5) is 0. The Hall–Kier alpha value is 0.130. The Morgan fingerprint density at radius 3 is 1.15 bits per heavy atom. The maximum Gasteiger partial charge on any atom is 0.0591 e. The molecule has 80 valence electrons. The molecule has 0 spiro atoms. The van der Waals surface area contributed by atoms with E-state index in [9.17, 15) is 0 Å². The highest BCUT2D eigenvalue weighted by atomic mass is 35.5. The molecule has 2 heterocycles. The van der Waals surface area contributed by atoms with Crippen molar-refractivity contribution in [2.45, 2.75) is 0 Å². The van der Waals surface area contributed by atoms with Crippen molar-refractivity contribution in [3.63, 3.8) is 0 Å². The molecule has 2 fully saturated rings. The smallest absolute Gasteiger partial charge is 0.0591 e. The van der Waals surface area contributed by atoms with Gasteiger partial charge in [0.2, 0.25) is 0 Å². The van der Waals surface area contributed by atoms with Crippen molar-refractivity contribution >= 4 is 12.4 Å². The van der Waals surface area contributed by atoms with Crippen LogP contribution in [0, 0.1) is 0 Å². The number of halogens is 1. The van der Waals surface area contributed by atoms with E-state index in [4.69, 9.17) is 4.74 Å². The van der Waals surface area contributed by atoms with E-state index in [0.717, 1.165) is 52.5 Å². The zero-order valence-electron chi connectivity index (χ0n) is 7.97. The molecule has 3 N–H and O–H groups in total. The Bertz CT molecular complexity index is 62.4. The van der Waals surface area contributed by atoms with E-state index in [2.05, 4.69) is 16.0 Å². The number of piperazine rings is 1. The van der Waals surface area contributed by atoms with Crippen molar-refractivity contribution in [2.75, 3.05) is 52.5 Å². The molecular formula is C8H20ClN3O. The van der Waals surface area contributed by atoms with E-state index < -0.39 is 0 Å². The van der Waals surface area contributed by atoms with Gasteiger partial charge in [-0.1, -0.05) is 0 Å². The van der Waals surface area contributed by atoms with Gasteiger partial charge in [-0.05, 0) is 0 Å². The summed E-state index contributed by atoms with van der Waals surface area (Å²) in [5.41, 5.74) is 0. The molecule has 0 aliphatic carbocycles. The van der Waals surface area contributed by atoms with Gasteiger partial charge in [0.25, 0.3) is 0 Å². The van der Waals surface area contributed by atoms with Crippen molar-refractivity contribution in [1.82, 2.24) is 16.0 Å². The molecule has 0 radical (unpaired) electrons. The first-order valence-electron chi connectivity index (χ1n) is 4.70. The summed E-state index contributed by atoms with van der Waals surface area (Å²) in [6, 6.07) is 0. The quantitative estimate of drug-likeness (QED) is 0.489. The maximum atomic E-state index is 5.01. The van der Waals surface area contributed by atoms with E-state index >= 15 is 0 Å². The molecule has 0 unspecified atom stereocenters. The molecule has 0 aromatic rings. The number of hydrogen-bond donors (Lipinski definition) is 3. The van der Waals surface area contributed by atoms with Crippen LogP contribution in [0.15, 0.2) is 0 Å². The van der Waals surface area contributed by atoms with Crippen LogP contribution >= 0.6 is 12.4 Å². The highest BCUT2D eigenvalue weighted by Crippen LogP contribution is 1.76. The van der Waals surface area contributed by atoms with Gasteiger partial charge in [-0.2, -0.15) is 0 Å². The van der Waals surface area contributed by atoms with Gasteiger partial charge in [-0.15, -0.1) is 12.4 Å². The Kier molecular flexibility index (Phi) is 10.3. The Balaban J connectivity index is 0.000000206. The van der Waals surface area contributed by atoms with Crippen LogP contribution in [0.5, 0.6) is 0 Å². The fourth-order valence-corrected chi connectivity index (χ4v) is 1.12. The predicted molar refractivity (Wildman–Crippen MR) is 56.7 cm³/mol. The van der Waals surface area contributed by atoms with Crippen LogP contribution < -0.4 is 16.0 Å². The lowest BCUT2D eigenvalue weighted by Gasteiger charge is -2.11. The minimum absolute atomic E-state index is 0. The molecule has 0 saturated carbocycles. The molecule has 13 heavy (non-hydrogen) atoms. The number of morpholine rings is 1. The normalized spacial score (nSPS) is 22.2. The summed E-state index contributed by atoms with van der Waals surface area (Å²) in [6.07, 6.45) is 0. The van der Waals surface area contributed by atoms with Gasteiger partial charge in [-0.3, -0.25) is 0 Å². The first-order chi connectivity index (χ1) is 6.00. The SMILES string of the molecule is C1CNCCN1.C1COCCN1.Cl. The van der Waals surface area contributed by atoms with E-state index in [1.807, 2.05) is 0 Å². The summed E-state index contributed by atoms with van der Waals surface area (Å²) < 4.78 is 5.01. The lowest BCUT2D eigenvalue weighted by atomic mass is 10.4. The molecule has 4 nitrogen and oxygen atoms in total. The largest absolute Gasteiger partial charge is 0.379 e. The third-order valence-corrected chi connectivity index (χ3v) is 1.80. The molecule has 5 heteroatoms. The first kappa shape index (κ1) is 13.1. The van der Waals surface area contributed by atoms with Crippen LogP contribution in [0.1, 0.15) is 0 Å². The van der Waals surface area contributed by atoms with Gasteiger partial charge in [0, 0.05) is 39.3 Å². The summed E-state index contributed by atoms with van der Waals surface area (Å²) in [7, 11) is 0. The molecule has 0 aromatic heterocycles. The van der Waals surface area contributed by atoms with E-state index in [1.165, 1.54) is 0 Å². The highest BCUT2D eigenvalue weighted by molar-refractivity contribution is 5.85. The second-order valence-corrected chi connectivity index (χ2v) is 2.86. The second-order valence-electron chi connectivity index (χ2n) is 2.86. The van der Waals surface area contributed by atoms with Gasteiger partial charge in [-0.25, -0.2) is 0 Å². The summed E-state index contributed by atoms with van der Waals surface area (Å²) in [5, 5.41) is 9.60. The average molecular weight is 210 g/mol. The van der Waals surface area contributed by atoms with Gasteiger partial charge < -0.3 is 20.7 Å². The Labute approximate surface area is 86.2 Å². The van der Waals surface area contributed by atoms with Crippen LogP contribution in [0.25, 0.3) is 0 Å². The molecule has 2 aliphatic rings. The zero-order valence-corrected chi connectivity index (χ0v) is 8.79. The van der Waals surface area contributed by atoms with Gasteiger partial charge >= 0.3 is 0 Å². The lowest BCUT2D eigenvalue weighted by molar-refractivity contribution is 0.109. The van der Waals surface area contributed by atoms with Gasteiger partial charge in [0.05, 0.1) is 13.2 Å². The molecule has 2 aliphatic heterocycles. The van der Waals surface area contributed by atoms with Crippen LogP contribution in [0.3, 0.4) is 0 Å². The standard InChI is InChI=1S/C4H10N2.C4H9NO.ClH/c1-2-6-4-3-5-1;1-3-6-4-2-5-1;/h5-6H,1-4H2;5H,1-4H2;1H. The molecule has 0 amide bonds. The predicted octanol–water partition coefficient (Wildman–Crippen LogP) is -0.793. The first-order valence-corrected chi connectivity index (χ1v) is 4.70. The van der Waals surface area contributed by atoms with Crippen molar-refractivity contribution < 1.29 is 4.74 Å². The lowest BCUT2D eigenvalue weighted by Crippen LogP contribution is -2.39. The average Bonchev–Trinajstić information content (AvgIpc) is 2.24. The van der Waals surface area contributed by atoms with E-state index in [1.54, 1.807) is 0 Å². The summed E-state index contributed by atoms with van der Waals surface area (Å²) in [6.45, 7) is 8.39. The number of ether oxygens (including phenoxy) is 1. The molecule has 0 atom stereocenters. The minimum Gasteiger partial charge on any atom is -0.379 e. The summed E-state index contributed by atoms with van der Waals surface area (Å²) >= 11 is 0. The molecular weight excluding hydrogens is 190 g/mol. The third kappa shape index (κ3) is 8.46. The molecule has 2 saturated heterocycles. The van der Waals surface area contributed by atoms with Gasteiger partial charge in [0.15, 0.2) is 0 Å². The minimum atomic E-state index is 0. The van der Waals surface area contributed by atoms with Crippen molar-refractivity contribution in [3.05, 3.63) is 0 Å². The van der Waals surface area contributed by atoms with E-state index in [-0.39, 0.29) is 12.4 Å². The van der Waals surface area contributed by atoms with Crippen LogP contribution in [-0.2, 0) is 4.74 Å². The second kappa shape index (κ2) is 10.2. The molecule has 2 rings (SSSR count). The summed E-state index contributed by atoms with van der Waals surface area (Å²) in [5.74, 6) is 0.